The molecule has 17 heavy (non-hydrogen) atoms. The molecule has 1 aliphatic rings. The van der Waals surface area contributed by atoms with E-state index in [2.05, 4.69) is 4.57 Å². The molecule has 0 atom stereocenters. The van der Waals surface area contributed by atoms with Gasteiger partial charge in [0.15, 0.2) is 5.69 Å². The van der Waals surface area contributed by atoms with Gasteiger partial charge in [-0.15, -0.1) is 0 Å². The lowest BCUT2D eigenvalue weighted by molar-refractivity contribution is -0.603. The summed E-state index contributed by atoms with van der Waals surface area (Å²) in [5.41, 5.74) is 1.58. The van der Waals surface area contributed by atoms with Crippen molar-refractivity contribution in [1.82, 2.24) is 4.57 Å². The molecule has 0 saturated heterocycles. The van der Waals surface area contributed by atoms with Crippen LogP contribution in [0, 0.1) is 5.21 Å². The van der Waals surface area contributed by atoms with Crippen molar-refractivity contribution in [1.29, 1.82) is 0 Å². The highest BCUT2D eigenvalue weighted by Gasteiger charge is 2.22. The largest absolute Gasteiger partial charge is 0.710 e. The highest BCUT2D eigenvalue weighted by molar-refractivity contribution is 6.30. The van der Waals surface area contributed by atoms with Gasteiger partial charge in [-0.25, -0.2) is 9.30 Å². The van der Waals surface area contributed by atoms with E-state index >= 15 is 0 Å². The second-order valence-corrected chi connectivity index (χ2v) is 4.82. The second-order valence-electron chi connectivity index (χ2n) is 4.39. The molecule has 0 fully saturated rings. The van der Waals surface area contributed by atoms with Crippen LogP contribution in [0.1, 0.15) is 18.7 Å². The number of rotatable bonds is 1. The third-order valence-electron chi connectivity index (χ3n) is 3.23. The SMILES string of the molecule is [O-][n+]1c(-c2cccc(Cl)c2)cn2c1CCCC2. The van der Waals surface area contributed by atoms with Crippen LogP contribution in [0.25, 0.3) is 11.3 Å². The van der Waals surface area contributed by atoms with Crippen molar-refractivity contribution in [3.05, 3.63) is 46.5 Å². The molecule has 0 radical (unpaired) electrons. The Kier molecular flexibility index (Phi) is 2.56. The molecule has 2 aromatic rings. The van der Waals surface area contributed by atoms with Crippen molar-refractivity contribution in [3.63, 3.8) is 0 Å². The number of aromatic nitrogens is 2. The Morgan fingerprint density at radius 2 is 2.18 bits per heavy atom. The molecule has 0 bridgehead atoms. The van der Waals surface area contributed by atoms with Crippen molar-refractivity contribution in [2.75, 3.05) is 0 Å². The average molecular weight is 249 g/mol. The van der Waals surface area contributed by atoms with E-state index in [0.29, 0.717) is 10.7 Å². The number of aryl methyl sites for hydroxylation is 1. The molecule has 0 saturated carbocycles. The molecular formula is C13H13ClN2O. The van der Waals surface area contributed by atoms with Crippen LogP contribution in [-0.2, 0) is 13.0 Å². The monoisotopic (exact) mass is 248 g/mol. The molecule has 88 valence electrons. The average Bonchev–Trinajstić information content (AvgIpc) is 2.68. The Hall–Kier alpha value is -1.48. The first-order valence-electron chi connectivity index (χ1n) is 5.83. The Labute approximate surface area is 105 Å². The number of hydrogen-bond acceptors (Lipinski definition) is 1. The van der Waals surface area contributed by atoms with Gasteiger partial charge in [0.2, 0.25) is 0 Å². The standard InChI is InChI=1S/C13H13ClN2O/c14-11-5-3-4-10(8-11)12-9-15-7-2-1-6-13(15)16(12)17/h3-5,8-9H,1-2,6-7H2. The summed E-state index contributed by atoms with van der Waals surface area (Å²) in [6.45, 7) is 0.943. The smallest absolute Gasteiger partial charge is 0.259 e. The molecular weight excluding hydrogens is 236 g/mol. The van der Waals surface area contributed by atoms with Crippen LogP contribution in [0.4, 0.5) is 0 Å². The quantitative estimate of drug-likeness (QED) is 0.564. The zero-order valence-corrected chi connectivity index (χ0v) is 10.2. The highest BCUT2D eigenvalue weighted by atomic mass is 35.5. The van der Waals surface area contributed by atoms with Gasteiger partial charge in [-0.3, -0.25) is 0 Å². The van der Waals surface area contributed by atoms with Gasteiger partial charge in [0.05, 0.1) is 6.54 Å². The molecule has 0 N–H and O–H groups in total. The highest BCUT2D eigenvalue weighted by Crippen LogP contribution is 2.23. The van der Waals surface area contributed by atoms with E-state index in [1.807, 2.05) is 30.5 Å². The summed E-state index contributed by atoms with van der Waals surface area (Å²) >= 11 is 5.96. The molecule has 1 aromatic carbocycles. The molecule has 0 unspecified atom stereocenters. The van der Waals surface area contributed by atoms with Crippen LogP contribution in [0.15, 0.2) is 30.5 Å². The molecule has 3 rings (SSSR count). The van der Waals surface area contributed by atoms with Gasteiger partial charge in [0, 0.05) is 17.0 Å². The summed E-state index contributed by atoms with van der Waals surface area (Å²) in [5.74, 6) is 0.867. The number of hydrogen-bond donors (Lipinski definition) is 0. The van der Waals surface area contributed by atoms with E-state index in [9.17, 15) is 5.21 Å². The first-order valence-corrected chi connectivity index (χ1v) is 6.21. The zero-order valence-electron chi connectivity index (χ0n) is 9.40. The summed E-state index contributed by atoms with van der Waals surface area (Å²) in [4.78, 5) is 0. The molecule has 0 aliphatic carbocycles. The van der Waals surface area contributed by atoms with Crippen molar-refractivity contribution in [3.8, 4) is 11.3 Å². The number of benzene rings is 1. The maximum atomic E-state index is 12.2. The summed E-state index contributed by atoms with van der Waals surface area (Å²) < 4.78 is 3.11. The lowest BCUT2D eigenvalue weighted by Gasteiger charge is -2.11. The van der Waals surface area contributed by atoms with E-state index in [-0.39, 0.29) is 0 Å². The molecule has 0 amide bonds. The molecule has 3 nitrogen and oxygen atoms in total. The molecule has 2 heterocycles. The van der Waals surface area contributed by atoms with Gasteiger partial charge < -0.3 is 5.21 Å². The van der Waals surface area contributed by atoms with Gasteiger partial charge in [-0.2, -0.15) is 0 Å². The van der Waals surface area contributed by atoms with Crippen LogP contribution in [0.5, 0.6) is 0 Å². The molecule has 1 aromatic heterocycles. The van der Waals surface area contributed by atoms with Gasteiger partial charge in [-0.1, -0.05) is 23.7 Å². The second kappa shape index (κ2) is 4.08. The Morgan fingerprint density at radius 3 is 2.94 bits per heavy atom. The van der Waals surface area contributed by atoms with Gasteiger partial charge >= 0.3 is 0 Å². The lowest BCUT2D eigenvalue weighted by Crippen LogP contribution is -2.34. The fourth-order valence-corrected chi connectivity index (χ4v) is 2.56. The topological polar surface area (TPSA) is 31.9 Å². The third kappa shape index (κ3) is 1.80. The van der Waals surface area contributed by atoms with E-state index in [1.54, 1.807) is 0 Å². The maximum Gasteiger partial charge on any atom is 0.259 e. The Balaban J connectivity index is 2.12. The van der Waals surface area contributed by atoms with Crippen LogP contribution in [0.3, 0.4) is 0 Å². The Morgan fingerprint density at radius 1 is 1.29 bits per heavy atom. The summed E-state index contributed by atoms with van der Waals surface area (Å²) in [6, 6.07) is 7.43. The van der Waals surface area contributed by atoms with E-state index in [4.69, 9.17) is 11.6 Å². The molecule has 0 spiro atoms. The minimum Gasteiger partial charge on any atom is -0.710 e. The Bertz CT molecular complexity index is 563. The van der Waals surface area contributed by atoms with Gasteiger partial charge in [0.25, 0.3) is 5.82 Å². The zero-order chi connectivity index (χ0) is 11.8. The maximum absolute atomic E-state index is 12.2. The van der Waals surface area contributed by atoms with Crippen LogP contribution < -0.4 is 4.73 Å². The van der Waals surface area contributed by atoms with Gasteiger partial charge in [-0.05, 0) is 25.0 Å². The minimum atomic E-state index is 0.659. The number of nitrogens with zero attached hydrogens (tertiary/aromatic N) is 2. The minimum absolute atomic E-state index is 0.659. The summed E-state index contributed by atoms with van der Waals surface area (Å²) in [7, 11) is 0. The predicted octanol–water partition coefficient (Wildman–Crippen LogP) is 2.78. The summed E-state index contributed by atoms with van der Waals surface area (Å²) in [6.07, 6.45) is 5.05. The molecule has 4 heteroatoms. The fraction of sp³-hybridized carbons (Fsp3) is 0.308. The third-order valence-corrected chi connectivity index (χ3v) is 3.47. The van der Waals surface area contributed by atoms with Crippen molar-refractivity contribution < 1.29 is 4.73 Å². The van der Waals surface area contributed by atoms with Crippen molar-refractivity contribution in [2.24, 2.45) is 0 Å². The summed E-state index contributed by atoms with van der Waals surface area (Å²) in [5, 5.41) is 12.8. The van der Waals surface area contributed by atoms with E-state index in [0.717, 1.165) is 41.9 Å². The fourth-order valence-electron chi connectivity index (χ4n) is 2.37. The van der Waals surface area contributed by atoms with E-state index < -0.39 is 0 Å². The van der Waals surface area contributed by atoms with Gasteiger partial charge in [0.1, 0.15) is 6.20 Å². The van der Waals surface area contributed by atoms with Crippen molar-refractivity contribution >= 4 is 11.6 Å². The van der Waals surface area contributed by atoms with Crippen LogP contribution in [-0.4, -0.2) is 4.57 Å². The van der Waals surface area contributed by atoms with Crippen LogP contribution >= 0.6 is 11.6 Å². The van der Waals surface area contributed by atoms with Crippen molar-refractivity contribution in [2.45, 2.75) is 25.8 Å². The van der Waals surface area contributed by atoms with E-state index in [1.165, 1.54) is 0 Å². The normalized spacial score (nSPS) is 14.6. The number of halogens is 1. The first-order chi connectivity index (χ1) is 8.25. The lowest BCUT2D eigenvalue weighted by atomic mass is 10.2. The van der Waals surface area contributed by atoms with Crippen LogP contribution in [0.2, 0.25) is 5.02 Å². The first kappa shape index (κ1) is 10.7. The number of imidazole rings is 1. The molecule has 1 aliphatic heterocycles. The number of fused-ring (bicyclic) bond motifs is 1. The predicted molar refractivity (Wildman–Crippen MR) is 66.8 cm³/mol.